The van der Waals surface area contributed by atoms with E-state index in [2.05, 4.69) is 29.2 Å². The summed E-state index contributed by atoms with van der Waals surface area (Å²) in [5.41, 5.74) is -0.374. The Labute approximate surface area is 166 Å². The van der Waals surface area contributed by atoms with Crippen molar-refractivity contribution in [3.8, 4) is 0 Å². The van der Waals surface area contributed by atoms with Crippen molar-refractivity contribution >= 4 is 35.9 Å². The van der Waals surface area contributed by atoms with Gasteiger partial charge < -0.3 is 15.0 Å². The number of halogens is 1. The normalized spacial score (nSPS) is 11.7. The summed E-state index contributed by atoms with van der Waals surface area (Å²) in [6, 6.07) is 0. The van der Waals surface area contributed by atoms with Crippen LogP contribution in [0.4, 0.5) is 0 Å². The smallest absolute Gasteiger partial charge is 0.306 e. The number of hydrogen-bond donors (Lipinski definition) is 1. The predicted octanol–water partition coefficient (Wildman–Crippen LogP) is 4.20. The second-order valence-electron chi connectivity index (χ2n) is 7.00. The van der Waals surface area contributed by atoms with E-state index in [9.17, 15) is 4.79 Å². The van der Waals surface area contributed by atoms with E-state index < -0.39 is 0 Å². The molecule has 0 aromatic carbocycles. The zero-order chi connectivity index (χ0) is 17.7. The summed E-state index contributed by atoms with van der Waals surface area (Å²) in [4.78, 5) is 18.1. The van der Waals surface area contributed by atoms with Gasteiger partial charge in [0.1, 0.15) is 5.60 Å². The number of hydrogen-bond acceptors (Lipinski definition) is 3. The quantitative estimate of drug-likeness (QED) is 0.176. The SMILES string of the molecule is CCCCN(C)C(=NC)NCCCCCCC(=O)OC(C)(C)C.I. The molecule has 0 aliphatic rings. The standard InChI is InChI=1S/C18H37N3O2.HI/c1-7-8-15-21(6)17(19-5)20-14-12-10-9-11-13-16(22)23-18(2,3)4;/h7-15H2,1-6H3,(H,19,20);1H. The molecule has 0 aliphatic carbocycles. The zero-order valence-corrected chi connectivity index (χ0v) is 18.8. The maximum absolute atomic E-state index is 11.6. The molecule has 0 heterocycles. The number of carbonyl (C=O) groups is 1. The van der Waals surface area contributed by atoms with Crippen LogP contribution < -0.4 is 5.32 Å². The minimum absolute atomic E-state index is 0. The monoisotopic (exact) mass is 455 g/mol. The topological polar surface area (TPSA) is 53.9 Å². The van der Waals surface area contributed by atoms with Crippen molar-refractivity contribution in [1.29, 1.82) is 0 Å². The van der Waals surface area contributed by atoms with Crippen LogP contribution in [0.25, 0.3) is 0 Å². The van der Waals surface area contributed by atoms with Gasteiger partial charge in [-0.3, -0.25) is 9.79 Å². The fourth-order valence-electron chi connectivity index (χ4n) is 2.23. The highest BCUT2D eigenvalue weighted by molar-refractivity contribution is 14.0. The molecule has 6 heteroatoms. The molecule has 0 rings (SSSR count). The molecule has 0 aromatic heterocycles. The molecule has 0 aromatic rings. The molecule has 0 aliphatic heterocycles. The van der Waals surface area contributed by atoms with Gasteiger partial charge in [-0.25, -0.2) is 0 Å². The van der Waals surface area contributed by atoms with Crippen LogP contribution in [0.2, 0.25) is 0 Å². The number of aliphatic imine (C=N–C) groups is 1. The third-order valence-electron chi connectivity index (χ3n) is 3.43. The van der Waals surface area contributed by atoms with Crippen molar-refractivity contribution in [1.82, 2.24) is 10.2 Å². The maximum atomic E-state index is 11.6. The summed E-state index contributed by atoms with van der Waals surface area (Å²) < 4.78 is 5.30. The van der Waals surface area contributed by atoms with Crippen LogP contribution in [0.3, 0.4) is 0 Å². The molecule has 0 amide bonds. The number of esters is 1. The molecule has 144 valence electrons. The van der Waals surface area contributed by atoms with E-state index in [1.165, 1.54) is 12.8 Å². The van der Waals surface area contributed by atoms with Crippen LogP contribution in [-0.2, 0) is 9.53 Å². The minimum Gasteiger partial charge on any atom is -0.460 e. The lowest BCUT2D eigenvalue weighted by Crippen LogP contribution is -2.39. The van der Waals surface area contributed by atoms with Crippen molar-refractivity contribution in [2.45, 2.75) is 78.2 Å². The average molecular weight is 455 g/mol. The molecule has 1 N–H and O–H groups in total. The zero-order valence-electron chi connectivity index (χ0n) is 16.5. The Bertz CT molecular complexity index is 355. The lowest BCUT2D eigenvalue weighted by atomic mass is 10.1. The fraction of sp³-hybridized carbons (Fsp3) is 0.889. The van der Waals surface area contributed by atoms with Crippen LogP contribution in [0.5, 0.6) is 0 Å². The first-order chi connectivity index (χ1) is 10.8. The van der Waals surface area contributed by atoms with Crippen molar-refractivity contribution in [2.24, 2.45) is 4.99 Å². The highest BCUT2D eigenvalue weighted by atomic mass is 127. The highest BCUT2D eigenvalue weighted by Crippen LogP contribution is 2.11. The van der Waals surface area contributed by atoms with Gasteiger partial charge in [-0.2, -0.15) is 0 Å². The Hall–Kier alpha value is -0.530. The highest BCUT2D eigenvalue weighted by Gasteiger charge is 2.15. The lowest BCUT2D eigenvalue weighted by molar-refractivity contribution is -0.154. The molecule has 0 saturated carbocycles. The molecule has 24 heavy (non-hydrogen) atoms. The van der Waals surface area contributed by atoms with E-state index in [0.29, 0.717) is 6.42 Å². The summed E-state index contributed by atoms with van der Waals surface area (Å²) in [5, 5.41) is 3.39. The van der Waals surface area contributed by atoms with Crippen LogP contribution in [0, 0.1) is 0 Å². The Balaban J connectivity index is 0. The van der Waals surface area contributed by atoms with Gasteiger partial charge in [0.05, 0.1) is 0 Å². The summed E-state index contributed by atoms with van der Waals surface area (Å²) in [7, 11) is 3.90. The van der Waals surface area contributed by atoms with E-state index >= 15 is 0 Å². The second kappa shape index (κ2) is 14.8. The minimum atomic E-state index is -0.374. The molecule has 0 saturated heterocycles. The summed E-state index contributed by atoms with van der Waals surface area (Å²) in [6.07, 6.45) is 7.07. The first-order valence-corrected chi connectivity index (χ1v) is 8.93. The van der Waals surface area contributed by atoms with E-state index in [-0.39, 0.29) is 35.5 Å². The molecule has 5 nitrogen and oxygen atoms in total. The van der Waals surface area contributed by atoms with Crippen LogP contribution >= 0.6 is 24.0 Å². The molecule has 0 radical (unpaired) electrons. The van der Waals surface area contributed by atoms with Gasteiger partial charge in [0.2, 0.25) is 0 Å². The molecular formula is C18H38IN3O2. The average Bonchev–Trinajstić information content (AvgIpc) is 2.45. The number of guanidine groups is 1. The Kier molecular flexibility index (Phi) is 15.8. The van der Waals surface area contributed by atoms with Crippen LogP contribution in [0.1, 0.15) is 72.6 Å². The molecular weight excluding hydrogens is 417 g/mol. The number of nitrogens with one attached hydrogen (secondary N) is 1. The summed E-state index contributed by atoms with van der Waals surface area (Å²) >= 11 is 0. The molecule has 0 unspecified atom stereocenters. The van der Waals surface area contributed by atoms with Gasteiger partial charge >= 0.3 is 5.97 Å². The van der Waals surface area contributed by atoms with Crippen molar-refractivity contribution in [3.63, 3.8) is 0 Å². The summed E-state index contributed by atoms with van der Waals surface area (Å²) in [5.74, 6) is 0.876. The predicted molar refractivity (Wildman–Crippen MR) is 113 cm³/mol. The van der Waals surface area contributed by atoms with Gasteiger partial charge in [0.15, 0.2) is 5.96 Å². The largest absolute Gasteiger partial charge is 0.460 e. The van der Waals surface area contributed by atoms with Crippen molar-refractivity contribution in [3.05, 3.63) is 0 Å². The molecule has 0 fully saturated rings. The van der Waals surface area contributed by atoms with Gasteiger partial charge in [-0.05, 0) is 40.0 Å². The molecule has 0 spiro atoms. The number of nitrogens with zero attached hydrogens (tertiary/aromatic N) is 2. The van der Waals surface area contributed by atoms with E-state index in [4.69, 9.17) is 4.74 Å². The Morgan fingerprint density at radius 1 is 1.12 bits per heavy atom. The summed E-state index contributed by atoms with van der Waals surface area (Å²) in [6.45, 7) is 9.87. The molecule has 0 bridgehead atoms. The molecule has 0 atom stereocenters. The first-order valence-electron chi connectivity index (χ1n) is 8.93. The van der Waals surface area contributed by atoms with Crippen LogP contribution in [0.15, 0.2) is 4.99 Å². The number of unbranched alkanes of at least 4 members (excludes halogenated alkanes) is 4. The third-order valence-corrected chi connectivity index (χ3v) is 3.43. The van der Waals surface area contributed by atoms with Gasteiger partial charge in [-0.1, -0.05) is 26.2 Å². The van der Waals surface area contributed by atoms with E-state index in [0.717, 1.165) is 44.7 Å². The van der Waals surface area contributed by atoms with Gasteiger partial charge in [0.25, 0.3) is 0 Å². The Morgan fingerprint density at radius 2 is 1.75 bits per heavy atom. The van der Waals surface area contributed by atoms with Crippen LogP contribution in [-0.4, -0.2) is 49.6 Å². The van der Waals surface area contributed by atoms with Gasteiger partial charge in [0, 0.05) is 33.6 Å². The Morgan fingerprint density at radius 3 is 2.29 bits per heavy atom. The van der Waals surface area contributed by atoms with Crippen molar-refractivity contribution in [2.75, 3.05) is 27.2 Å². The first kappa shape index (κ1) is 25.7. The number of rotatable bonds is 10. The van der Waals surface area contributed by atoms with Crippen molar-refractivity contribution < 1.29 is 9.53 Å². The number of ether oxygens (including phenoxy) is 1. The lowest BCUT2D eigenvalue weighted by Gasteiger charge is -2.21. The number of carbonyl (C=O) groups excluding carboxylic acids is 1. The maximum Gasteiger partial charge on any atom is 0.306 e. The van der Waals surface area contributed by atoms with E-state index in [1.54, 1.807) is 0 Å². The van der Waals surface area contributed by atoms with Gasteiger partial charge in [-0.15, -0.1) is 24.0 Å². The van der Waals surface area contributed by atoms with E-state index in [1.807, 2.05) is 27.8 Å². The second-order valence-corrected chi connectivity index (χ2v) is 7.00. The fourth-order valence-corrected chi connectivity index (χ4v) is 2.23. The third kappa shape index (κ3) is 15.0.